The van der Waals surface area contributed by atoms with Crippen LogP contribution in [0.5, 0.6) is 5.75 Å². The molecule has 6 heteroatoms. The van der Waals surface area contributed by atoms with Crippen molar-refractivity contribution in [3.8, 4) is 5.75 Å². The van der Waals surface area contributed by atoms with Crippen LogP contribution < -0.4 is 10.1 Å². The molecule has 0 radical (unpaired) electrons. The molecule has 0 bridgehead atoms. The second-order valence-corrected chi connectivity index (χ2v) is 2.81. The molecule has 0 spiro atoms. The monoisotopic (exact) mass is 204 g/mol. The Balaban J connectivity index is 2.51. The predicted molar refractivity (Wildman–Crippen MR) is 43.2 cm³/mol. The molecule has 0 atom stereocenters. The number of anilines is 1. The fraction of sp³-hybridized carbons (Fsp3) is 0.375. The van der Waals surface area contributed by atoms with Gasteiger partial charge in [0.2, 0.25) is 0 Å². The number of ether oxygens (including phenoxy) is 1. The van der Waals surface area contributed by atoms with E-state index in [0.717, 1.165) is 12.3 Å². The number of nitrogens with one attached hydrogen (secondary N) is 1. The molecule has 2 heterocycles. The van der Waals surface area contributed by atoms with Crippen LogP contribution >= 0.6 is 0 Å². The Bertz CT molecular complexity index is 351. The second kappa shape index (κ2) is 3.04. The Morgan fingerprint density at radius 2 is 2.21 bits per heavy atom. The topological polar surface area (TPSA) is 34.1 Å². The van der Waals surface area contributed by atoms with E-state index in [9.17, 15) is 13.2 Å². The van der Waals surface area contributed by atoms with Gasteiger partial charge >= 0.3 is 6.18 Å². The van der Waals surface area contributed by atoms with Gasteiger partial charge in [0.1, 0.15) is 12.2 Å². The molecule has 76 valence electrons. The molecule has 14 heavy (non-hydrogen) atoms. The molecule has 0 fully saturated rings. The van der Waals surface area contributed by atoms with Gasteiger partial charge < -0.3 is 10.1 Å². The predicted octanol–water partition coefficient (Wildman–Crippen LogP) is 1.90. The Labute approximate surface area is 77.9 Å². The summed E-state index contributed by atoms with van der Waals surface area (Å²) in [6.07, 6.45) is -3.28. The highest BCUT2D eigenvalue weighted by Crippen LogP contribution is 2.40. The van der Waals surface area contributed by atoms with Crippen molar-refractivity contribution < 1.29 is 17.9 Å². The second-order valence-electron chi connectivity index (χ2n) is 2.81. The van der Waals surface area contributed by atoms with E-state index in [0.29, 0.717) is 6.54 Å². The minimum atomic E-state index is -4.40. The van der Waals surface area contributed by atoms with E-state index in [2.05, 4.69) is 10.3 Å². The summed E-state index contributed by atoms with van der Waals surface area (Å²) in [7, 11) is 0. The Morgan fingerprint density at radius 3 is 2.93 bits per heavy atom. The van der Waals surface area contributed by atoms with Crippen molar-refractivity contribution in [2.24, 2.45) is 0 Å². The summed E-state index contributed by atoms with van der Waals surface area (Å²) >= 11 is 0. The summed E-state index contributed by atoms with van der Waals surface area (Å²) in [5, 5.41) is 2.74. The first-order chi connectivity index (χ1) is 6.59. The molecule has 0 amide bonds. The van der Waals surface area contributed by atoms with Crippen molar-refractivity contribution in [2.75, 3.05) is 18.5 Å². The number of hydrogen-bond acceptors (Lipinski definition) is 3. The van der Waals surface area contributed by atoms with Gasteiger partial charge in [0.05, 0.1) is 6.54 Å². The molecule has 0 aromatic carbocycles. The van der Waals surface area contributed by atoms with Crippen LogP contribution in [0.25, 0.3) is 0 Å². The number of pyridine rings is 1. The molecular formula is C8H7F3N2O. The molecule has 1 aliphatic heterocycles. The van der Waals surface area contributed by atoms with Crippen LogP contribution in [0.2, 0.25) is 0 Å². The van der Waals surface area contributed by atoms with Crippen LogP contribution in [0.4, 0.5) is 19.0 Å². The number of nitrogens with zero attached hydrogens (tertiary/aromatic N) is 1. The fourth-order valence-electron chi connectivity index (χ4n) is 1.27. The maximum absolute atomic E-state index is 12.4. The van der Waals surface area contributed by atoms with Crippen LogP contribution in [0.3, 0.4) is 0 Å². The zero-order valence-electron chi connectivity index (χ0n) is 7.06. The van der Waals surface area contributed by atoms with Crippen LogP contribution in [0.15, 0.2) is 12.3 Å². The van der Waals surface area contributed by atoms with Crippen molar-refractivity contribution in [1.82, 2.24) is 4.98 Å². The van der Waals surface area contributed by atoms with Gasteiger partial charge in [-0.25, -0.2) is 4.98 Å². The average molecular weight is 204 g/mol. The number of fused-ring (bicyclic) bond motifs is 1. The lowest BCUT2D eigenvalue weighted by molar-refractivity contribution is -0.139. The highest BCUT2D eigenvalue weighted by Gasteiger charge is 2.36. The molecule has 0 saturated carbocycles. The SMILES string of the molecule is FC(F)(F)c1ccnc2c1OCCN2. The van der Waals surface area contributed by atoms with Crippen LogP contribution in [-0.2, 0) is 6.18 Å². The van der Waals surface area contributed by atoms with E-state index in [1.54, 1.807) is 0 Å². The summed E-state index contributed by atoms with van der Waals surface area (Å²) in [5.41, 5.74) is -0.783. The number of aromatic nitrogens is 1. The van der Waals surface area contributed by atoms with Crippen molar-refractivity contribution >= 4 is 5.82 Å². The molecule has 0 saturated heterocycles. The fourth-order valence-corrected chi connectivity index (χ4v) is 1.27. The van der Waals surface area contributed by atoms with Crippen molar-refractivity contribution in [3.05, 3.63) is 17.8 Å². The van der Waals surface area contributed by atoms with Crippen molar-refractivity contribution in [2.45, 2.75) is 6.18 Å². The van der Waals surface area contributed by atoms with E-state index in [4.69, 9.17) is 4.74 Å². The van der Waals surface area contributed by atoms with Crippen LogP contribution in [-0.4, -0.2) is 18.1 Å². The molecule has 1 aromatic rings. The van der Waals surface area contributed by atoms with Crippen LogP contribution in [0, 0.1) is 0 Å². The summed E-state index contributed by atoms with van der Waals surface area (Å²) in [4.78, 5) is 3.76. The summed E-state index contributed by atoms with van der Waals surface area (Å²) in [6, 6.07) is 0.909. The lowest BCUT2D eigenvalue weighted by Crippen LogP contribution is -2.22. The summed E-state index contributed by atoms with van der Waals surface area (Å²) in [5.74, 6) is -0.0441. The maximum Gasteiger partial charge on any atom is 0.420 e. The average Bonchev–Trinajstić information content (AvgIpc) is 2.15. The standard InChI is InChI=1S/C8H7F3N2O/c9-8(10,11)5-1-2-12-7-6(5)14-4-3-13-7/h1-2H,3-4H2,(H,12,13). The quantitative estimate of drug-likeness (QED) is 0.700. The number of hydrogen-bond donors (Lipinski definition) is 1. The van der Waals surface area contributed by atoms with E-state index < -0.39 is 11.7 Å². The van der Waals surface area contributed by atoms with Gasteiger partial charge in [0.15, 0.2) is 11.6 Å². The van der Waals surface area contributed by atoms with Crippen LogP contribution in [0.1, 0.15) is 5.56 Å². The smallest absolute Gasteiger partial charge is 0.420 e. The number of rotatable bonds is 0. The zero-order chi connectivity index (χ0) is 10.2. The van der Waals surface area contributed by atoms with E-state index in [-0.39, 0.29) is 18.2 Å². The molecule has 3 nitrogen and oxygen atoms in total. The molecular weight excluding hydrogens is 197 g/mol. The van der Waals surface area contributed by atoms with Crippen molar-refractivity contribution in [1.29, 1.82) is 0 Å². The Kier molecular flexibility index (Phi) is 1.98. The zero-order valence-corrected chi connectivity index (χ0v) is 7.06. The lowest BCUT2D eigenvalue weighted by Gasteiger charge is -2.21. The largest absolute Gasteiger partial charge is 0.487 e. The molecule has 1 aliphatic rings. The third-order valence-corrected chi connectivity index (χ3v) is 1.85. The normalized spacial score (nSPS) is 15.4. The number of halogens is 3. The van der Waals surface area contributed by atoms with Gasteiger partial charge in [-0.05, 0) is 6.07 Å². The van der Waals surface area contributed by atoms with E-state index in [1.165, 1.54) is 0 Å². The first-order valence-electron chi connectivity index (χ1n) is 4.02. The summed E-state index contributed by atoms with van der Waals surface area (Å²) in [6.45, 7) is 0.698. The first kappa shape index (κ1) is 9.11. The highest BCUT2D eigenvalue weighted by atomic mass is 19.4. The van der Waals surface area contributed by atoms with Gasteiger partial charge in [-0.1, -0.05) is 0 Å². The highest BCUT2D eigenvalue weighted by molar-refractivity contribution is 5.56. The molecule has 0 aliphatic carbocycles. The van der Waals surface area contributed by atoms with E-state index in [1.807, 2.05) is 0 Å². The third kappa shape index (κ3) is 1.47. The van der Waals surface area contributed by atoms with Gasteiger partial charge in [0, 0.05) is 6.20 Å². The molecule has 2 rings (SSSR count). The Hall–Kier alpha value is -1.46. The minimum absolute atomic E-state index is 0.158. The number of alkyl halides is 3. The molecule has 0 unspecified atom stereocenters. The van der Waals surface area contributed by atoms with E-state index >= 15 is 0 Å². The molecule has 1 N–H and O–H groups in total. The first-order valence-corrected chi connectivity index (χ1v) is 4.02. The third-order valence-electron chi connectivity index (χ3n) is 1.85. The maximum atomic E-state index is 12.4. The minimum Gasteiger partial charge on any atom is -0.487 e. The van der Waals surface area contributed by atoms with Gasteiger partial charge in [-0.15, -0.1) is 0 Å². The van der Waals surface area contributed by atoms with Crippen molar-refractivity contribution in [3.63, 3.8) is 0 Å². The van der Waals surface area contributed by atoms with Gasteiger partial charge in [0.25, 0.3) is 0 Å². The Morgan fingerprint density at radius 1 is 1.43 bits per heavy atom. The lowest BCUT2D eigenvalue weighted by atomic mass is 10.2. The summed E-state index contributed by atoms with van der Waals surface area (Å²) < 4.78 is 42.3. The van der Waals surface area contributed by atoms with Gasteiger partial charge in [-0.2, -0.15) is 13.2 Å². The molecule has 1 aromatic heterocycles. The van der Waals surface area contributed by atoms with Gasteiger partial charge in [-0.3, -0.25) is 0 Å².